The van der Waals surface area contributed by atoms with Gasteiger partial charge in [0.15, 0.2) is 17.5 Å². The number of rotatable bonds is 3. The second-order valence-electron chi connectivity index (χ2n) is 7.46. The van der Waals surface area contributed by atoms with Gasteiger partial charge in [-0.2, -0.15) is 0 Å². The van der Waals surface area contributed by atoms with E-state index in [4.69, 9.17) is 31.0 Å². The molecule has 0 bridgehead atoms. The predicted octanol–water partition coefficient (Wildman–Crippen LogP) is 7.43. The zero-order valence-electron chi connectivity index (χ0n) is 16.9. The van der Waals surface area contributed by atoms with Crippen molar-refractivity contribution in [2.75, 3.05) is 0 Å². The summed E-state index contributed by atoms with van der Waals surface area (Å²) in [5, 5.41) is 2.69. The average Bonchev–Trinajstić information content (AvgIpc) is 3.22. The monoisotopic (exact) mass is 433 g/mol. The van der Waals surface area contributed by atoms with Crippen LogP contribution in [-0.2, 0) is 0 Å². The van der Waals surface area contributed by atoms with Crippen molar-refractivity contribution >= 4 is 33.5 Å². The number of hydrogen-bond donors (Lipinski definition) is 0. The third-order valence-corrected chi connectivity index (χ3v) is 5.75. The van der Waals surface area contributed by atoms with E-state index >= 15 is 0 Å². The van der Waals surface area contributed by atoms with Crippen molar-refractivity contribution in [1.29, 1.82) is 0 Å². The number of hydrogen-bond acceptors (Lipinski definition) is 4. The highest BCUT2D eigenvalue weighted by Gasteiger charge is 2.15. The van der Waals surface area contributed by atoms with Crippen molar-refractivity contribution in [3.05, 3.63) is 102 Å². The molecule has 2 heterocycles. The van der Waals surface area contributed by atoms with E-state index < -0.39 is 0 Å². The first-order valence-corrected chi connectivity index (χ1v) is 10.6. The van der Waals surface area contributed by atoms with Crippen LogP contribution in [0.1, 0.15) is 0 Å². The molecule has 0 fully saturated rings. The minimum atomic E-state index is 0.539. The van der Waals surface area contributed by atoms with Gasteiger partial charge in [0.25, 0.3) is 0 Å². The van der Waals surface area contributed by atoms with Crippen LogP contribution in [0.2, 0.25) is 5.02 Å². The zero-order chi connectivity index (χ0) is 21.5. The Morgan fingerprint density at radius 2 is 1.19 bits per heavy atom. The van der Waals surface area contributed by atoms with E-state index in [-0.39, 0.29) is 0 Å². The van der Waals surface area contributed by atoms with Crippen LogP contribution >= 0.6 is 11.6 Å². The van der Waals surface area contributed by atoms with Crippen LogP contribution in [0.4, 0.5) is 0 Å². The summed E-state index contributed by atoms with van der Waals surface area (Å²) in [7, 11) is 0. The van der Waals surface area contributed by atoms with Gasteiger partial charge in [0.2, 0.25) is 0 Å². The number of para-hydroxylation sites is 1. The molecule has 4 aromatic carbocycles. The topological polar surface area (TPSA) is 51.8 Å². The molecule has 0 aliphatic rings. The Morgan fingerprint density at radius 1 is 0.531 bits per heavy atom. The molecule has 152 valence electrons. The second kappa shape index (κ2) is 7.59. The van der Waals surface area contributed by atoms with Gasteiger partial charge < -0.3 is 4.42 Å². The van der Waals surface area contributed by atoms with Crippen molar-refractivity contribution < 1.29 is 4.42 Å². The molecular formula is C27H16ClN3O. The zero-order valence-corrected chi connectivity index (χ0v) is 17.6. The summed E-state index contributed by atoms with van der Waals surface area (Å²) in [6.45, 7) is 0. The summed E-state index contributed by atoms with van der Waals surface area (Å²) in [5.74, 6) is 1.72. The van der Waals surface area contributed by atoms with Gasteiger partial charge in [-0.1, -0.05) is 72.3 Å². The molecule has 0 amide bonds. The number of fused-ring (bicyclic) bond motifs is 3. The van der Waals surface area contributed by atoms with Crippen molar-refractivity contribution in [3.63, 3.8) is 0 Å². The van der Waals surface area contributed by atoms with Gasteiger partial charge in [-0.25, -0.2) is 15.0 Å². The SMILES string of the molecule is Clc1ccccc1-c1nc(-c2ccccc2)nc(-c2ccc3oc4ccccc4c3c2)n1. The standard InChI is InChI=1S/C27H16ClN3O/c28-22-12-6-4-11-20(22)27-30-25(17-8-2-1-3-9-17)29-26(31-27)18-14-15-24-21(16-18)19-10-5-7-13-23(19)32-24/h1-16H. The van der Waals surface area contributed by atoms with Crippen LogP contribution in [0.25, 0.3) is 56.1 Å². The van der Waals surface area contributed by atoms with Crippen LogP contribution in [-0.4, -0.2) is 15.0 Å². The van der Waals surface area contributed by atoms with Crippen molar-refractivity contribution in [1.82, 2.24) is 15.0 Å². The largest absolute Gasteiger partial charge is 0.456 e. The van der Waals surface area contributed by atoms with Crippen LogP contribution in [0.15, 0.2) is 101 Å². The van der Waals surface area contributed by atoms with E-state index in [0.29, 0.717) is 22.5 Å². The molecule has 32 heavy (non-hydrogen) atoms. The highest BCUT2D eigenvalue weighted by molar-refractivity contribution is 6.33. The van der Waals surface area contributed by atoms with Crippen LogP contribution < -0.4 is 0 Å². The third-order valence-electron chi connectivity index (χ3n) is 5.42. The molecule has 0 unspecified atom stereocenters. The van der Waals surface area contributed by atoms with Gasteiger partial charge in [-0.15, -0.1) is 0 Å². The maximum atomic E-state index is 6.47. The third kappa shape index (κ3) is 3.22. The lowest BCUT2D eigenvalue weighted by Gasteiger charge is -2.09. The van der Waals surface area contributed by atoms with Crippen LogP contribution in [0.3, 0.4) is 0 Å². The molecule has 6 aromatic rings. The van der Waals surface area contributed by atoms with E-state index in [1.165, 1.54) is 0 Å². The first-order chi connectivity index (χ1) is 15.8. The lowest BCUT2D eigenvalue weighted by molar-refractivity contribution is 0.669. The Kier molecular flexibility index (Phi) is 4.44. The summed E-state index contributed by atoms with van der Waals surface area (Å²) in [4.78, 5) is 14.3. The minimum Gasteiger partial charge on any atom is -0.456 e. The normalized spacial score (nSPS) is 11.3. The van der Waals surface area contributed by atoms with Crippen LogP contribution in [0.5, 0.6) is 0 Å². The molecule has 0 radical (unpaired) electrons. The second-order valence-corrected chi connectivity index (χ2v) is 7.87. The summed E-state index contributed by atoms with van der Waals surface area (Å²) >= 11 is 6.47. The van der Waals surface area contributed by atoms with Gasteiger partial charge >= 0.3 is 0 Å². The van der Waals surface area contributed by atoms with E-state index in [0.717, 1.165) is 38.6 Å². The Morgan fingerprint density at radius 3 is 2.03 bits per heavy atom. The molecule has 0 spiro atoms. The average molecular weight is 434 g/mol. The Labute approximate surface area is 189 Å². The van der Waals surface area contributed by atoms with Gasteiger partial charge in [0.05, 0.1) is 5.02 Å². The molecule has 6 rings (SSSR count). The molecular weight excluding hydrogens is 418 g/mol. The fourth-order valence-corrected chi connectivity index (χ4v) is 4.07. The summed E-state index contributed by atoms with van der Waals surface area (Å²) in [6, 6.07) is 31.5. The summed E-state index contributed by atoms with van der Waals surface area (Å²) < 4.78 is 5.97. The number of nitrogens with zero attached hydrogens (tertiary/aromatic N) is 3. The smallest absolute Gasteiger partial charge is 0.165 e. The molecule has 0 N–H and O–H groups in total. The number of halogens is 1. The fraction of sp³-hybridized carbons (Fsp3) is 0. The fourth-order valence-electron chi connectivity index (χ4n) is 3.85. The molecule has 5 heteroatoms. The summed E-state index contributed by atoms with van der Waals surface area (Å²) in [6.07, 6.45) is 0. The first kappa shape index (κ1) is 18.7. The van der Waals surface area contributed by atoms with Crippen molar-refractivity contribution in [3.8, 4) is 34.2 Å². The number of benzene rings is 4. The molecule has 4 nitrogen and oxygen atoms in total. The molecule has 0 saturated carbocycles. The van der Waals surface area contributed by atoms with Gasteiger partial charge in [-0.3, -0.25) is 0 Å². The minimum absolute atomic E-state index is 0.539. The maximum absolute atomic E-state index is 6.47. The van der Waals surface area contributed by atoms with E-state index in [9.17, 15) is 0 Å². The lowest BCUT2D eigenvalue weighted by atomic mass is 10.1. The molecule has 2 aromatic heterocycles. The Hall–Kier alpha value is -4.02. The van der Waals surface area contributed by atoms with E-state index in [1.54, 1.807) is 0 Å². The van der Waals surface area contributed by atoms with Crippen molar-refractivity contribution in [2.45, 2.75) is 0 Å². The Bertz CT molecular complexity index is 1590. The number of aromatic nitrogens is 3. The molecule has 0 aliphatic carbocycles. The highest BCUT2D eigenvalue weighted by atomic mass is 35.5. The van der Waals surface area contributed by atoms with Gasteiger partial charge in [-0.05, 0) is 36.4 Å². The molecule has 0 saturated heterocycles. The van der Waals surface area contributed by atoms with Gasteiger partial charge in [0, 0.05) is 27.5 Å². The van der Waals surface area contributed by atoms with Crippen LogP contribution in [0, 0.1) is 0 Å². The molecule has 0 aliphatic heterocycles. The number of furan rings is 1. The Balaban J connectivity index is 1.59. The van der Waals surface area contributed by atoms with E-state index in [1.807, 2.05) is 84.9 Å². The first-order valence-electron chi connectivity index (χ1n) is 10.2. The molecule has 0 atom stereocenters. The van der Waals surface area contributed by atoms with E-state index in [2.05, 4.69) is 12.1 Å². The van der Waals surface area contributed by atoms with Crippen molar-refractivity contribution in [2.24, 2.45) is 0 Å². The maximum Gasteiger partial charge on any atom is 0.165 e. The summed E-state index contributed by atoms with van der Waals surface area (Å²) in [5.41, 5.74) is 4.26. The quantitative estimate of drug-likeness (QED) is 0.291. The van der Waals surface area contributed by atoms with Gasteiger partial charge in [0.1, 0.15) is 11.2 Å². The predicted molar refractivity (Wildman–Crippen MR) is 128 cm³/mol. The lowest BCUT2D eigenvalue weighted by Crippen LogP contribution is -2.00. The highest BCUT2D eigenvalue weighted by Crippen LogP contribution is 2.33.